The SMILES string of the molecule is CCOCCSc1ccccc1[I+]c1ccccc1. The van der Waals surface area contributed by atoms with Crippen LogP contribution in [-0.2, 0) is 4.74 Å². The van der Waals surface area contributed by atoms with Gasteiger partial charge in [0.25, 0.3) is 0 Å². The highest BCUT2D eigenvalue weighted by molar-refractivity contribution is 7.99. The van der Waals surface area contributed by atoms with Gasteiger partial charge in [-0.25, -0.2) is 0 Å². The van der Waals surface area contributed by atoms with Crippen LogP contribution in [0.25, 0.3) is 0 Å². The molecule has 0 amide bonds. The van der Waals surface area contributed by atoms with Crippen LogP contribution < -0.4 is 21.2 Å². The zero-order valence-corrected chi connectivity index (χ0v) is 14.0. The molecule has 0 atom stereocenters. The van der Waals surface area contributed by atoms with E-state index in [4.69, 9.17) is 4.74 Å². The number of rotatable bonds is 7. The van der Waals surface area contributed by atoms with E-state index in [-0.39, 0.29) is 21.2 Å². The van der Waals surface area contributed by atoms with Crippen molar-refractivity contribution in [3.05, 3.63) is 61.7 Å². The molecule has 1 nitrogen and oxygen atoms in total. The Balaban J connectivity index is 2.00. The predicted octanol–water partition coefficient (Wildman–Crippen LogP) is 0.944. The summed E-state index contributed by atoms with van der Waals surface area (Å²) in [5.41, 5.74) is 0. The fourth-order valence-electron chi connectivity index (χ4n) is 1.59. The van der Waals surface area contributed by atoms with Crippen LogP contribution in [0.1, 0.15) is 6.92 Å². The first-order valence-electron chi connectivity index (χ1n) is 6.39. The summed E-state index contributed by atoms with van der Waals surface area (Å²) in [6.07, 6.45) is 0. The lowest BCUT2D eigenvalue weighted by Gasteiger charge is -2.02. The minimum Gasteiger partial charge on any atom is -0.381 e. The number of ether oxygens (including phenoxy) is 1. The van der Waals surface area contributed by atoms with Crippen LogP contribution in [-0.4, -0.2) is 19.0 Å². The minimum absolute atomic E-state index is 0.0807. The fourth-order valence-corrected chi connectivity index (χ4v) is 5.40. The molecule has 0 fully saturated rings. The third-order valence-corrected chi connectivity index (χ3v) is 6.74. The van der Waals surface area contributed by atoms with E-state index < -0.39 is 0 Å². The van der Waals surface area contributed by atoms with Gasteiger partial charge in [0.2, 0.25) is 3.57 Å². The Hall–Kier alpha value is -0.520. The molecule has 0 radical (unpaired) electrons. The molecule has 0 aliphatic heterocycles. The second-order valence-corrected chi connectivity index (χ2v) is 7.95. The van der Waals surface area contributed by atoms with Crippen molar-refractivity contribution in [3.8, 4) is 0 Å². The normalized spacial score (nSPS) is 10.6. The second kappa shape index (κ2) is 8.61. The first-order valence-corrected chi connectivity index (χ1v) is 9.54. The van der Waals surface area contributed by atoms with Gasteiger partial charge in [0.05, 0.1) is 11.5 Å². The highest BCUT2D eigenvalue weighted by Crippen LogP contribution is 2.16. The zero-order chi connectivity index (χ0) is 13.3. The van der Waals surface area contributed by atoms with Gasteiger partial charge in [-0.05, 0) is 31.2 Å². The fraction of sp³-hybridized carbons (Fsp3) is 0.250. The van der Waals surface area contributed by atoms with Crippen LogP contribution >= 0.6 is 11.8 Å². The van der Waals surface area contributed by atoms with Crippen LogP contribution in [0.4, 0.5) is 0 Å². The van der Waals surface area contributed by atoms with Gasteiger partial charge >= 0.3 is 21.2 Å². The van der Waals surface area contributed by atoms with Crippen LogP contribution in [0.3, 0.4) is 0 Å². The van der Waals surface area contributed by atoms with E-state index in [0.29, 0.717) is 0 Å². The molecule has 0 heterocycles. The molecule has 0 aliphatic rings. The number of halogens is 1. The van der Waals surface area contributed by atoms with E-state index in [9.17, 15) is 0 Å². The molecule has 0 bridgehead atoms. The lowest BCUT2D eigenvalue weighted by Crippen LogP contribution is -3.61. The van der Waals surface area contributed by atoms with Gasteiger partial charge in [0.15, 0.2) is 3.57 Å². The molecule has 0 aromatic heterocycles. The number of hydrogen-bond donors (Lipinski definition) is 0. The van der Waals surface area contributed by atoms with Crippen molar-refractivity contribution in [2.45, 2.75) is 11.8 Å². The van der Waals surface area contributed by atoms with Gasteiger partial charge in [-0.1, -0.05) is 30.3 Å². The van der Waals surface area contributed by atoms with Crippen molar-refractivity contribution in [2.24, 2.45) is 0 Å². The first-order chi connectivity index (χ1) is 9.40. The summed E-state index contributed by atoms with van der Waals surface area (Å²) in [6, 6.07) is 19.6. The van der Waals surface area contributed by atoms with Crippen molar-refractivity contribution < 1.29 is 25.9 Å². The van der Waals surface area contributed by atoms with Gasteiger partial charge in [-0.2, -0.15) is 0 Å². The summed E-state index contributed by atoms with van der Waals surface area (Å²) in [7, 11) is 0. The first kappa shape index (κ1) is 14.9. The molecular formula is C16H18IOS+. The average Bonchev–Trinajstić information content (AvgIpc) is 2.46. The molecule has 2 aromatic carbocycles. The number of hydrogen-bond acceptors (Lipinski definition) is 2. The van der Waals surface area contributed by atoms with Crippen molar-refractivity contribution in [3.63, 3.8) is 0 Å². The Morgan fingerprint density at radius 2 is 1.74 bits per heavy atom. The Bertz CT molecular complexity index is 487. The minimum atomic E-state index is -0.0807. The maximum absolute atomic E-state index is 5.40. The van der Waals surface area contributed by atoms with E-state index in [0.717, 1.165) is 19.0 Å². The highest BCUT2D eigenvalue weighted by Gasteiger charge is 2.19. The van der Waals surface area contributed by atoms with Crippen LogP contribution in [0.2, 0.25) is 0 Å². The molecule has 0 saturated carbocycles. The van der Waals surface area contributed by atoms with Crippen LogP contribution in [0.15, 0.2) is 59.5 Å². The van der Waals surface area contributed by atoms with Gasteiger partial charge in [-0.3, -0.25) is 0 Å². The third kappa shape index (κ3) is 5.16. The third-order valence-electron chi connectivity index (χ3n) is 2.47. The zero-order valence-electron chi connectivity index (χ0n) is 11.0. The molecule has 0 aliphatic carbocycles. The maximum atomic E-state index is 5.40. The largest absolute Gasteiger partial charge is 0.381 e. The number of benzene rings is 2. The summed E-state index contributed by atoms with van der Waals surface area (Å²) in [5, 5.41) is 0. The van der Waals surface area contributed by atoms with Crippen molar-refractivity contribution >= 4 is 11.8 Å². The van der Waals surface area contributed by atoms with E-state index in [1.807, 2.05) is 18.7 Å². The molecule has 3 heteroatoms. The Kier molecular flexibility index (Phi) is 6.74. The average molecular weight is 385 g/mol. The lowest BCUT2D eigenvalue weighted by molar-refractivity contribution is -0.601. The van der Waals surface area contributed by atoms with E-state index in [1.165, 1.54) is 12.0 Å². The summed E-state index contributed by atoms with van der Waals surface area (Å²) in [6.45, 7) is 3.68. The molecule has 100 valence electrons. The van der Waals surface area contributed by atoms with Gasteiger partial charge in [0, 0.05) is 12.4 Å². The highest BCUT2D eigenvalue weighted by atomic mass is 127. The van der Waals surface area contributed by atoms with Crippen LogP contribution in [0.5, 0.6) is 0 Å². The van der Waals surface area contributed by atoms with Gasteiger partial charge < -0.3 is 4.74 Å². The monoisotopic (exact) mass is 385 g/mol. The van der Waals surface area contributed by atoms with Crippen molar-refractivity contribution in [2.75, 3.05) is 19.0 Å². The predicted molar refractivity (Wildman–Crippen MR) is 77.5 cm³/mol. The van der Waals surface area contributed by atoms with E-state index in [1.54, 1.807) is 0 Å². The molecule has 0 saturated heterocycles. The van der Waals surface area contributed by atoms with E-state index >= 15 is 0 Å². The second-order valence-electron chi connectivity index (χ2n) is 3.87. The molecular weight excluding hydrogens is 367 g/mol. The number of thioether (sulfide) groups is 1. The quantitative estimate of drug-likeness (QED) is 0.399. The molecule has 19 heavy (non-hydrogen) atoms. The van der Waals surface area contributed by atoms with Crippen molar-refractivity contribution in [1.82, 2.24) is 0 Å². The maximum Gasteiger partial charge on any atom is 0.359 e. The summed E-state index contributed by atoms with van der Waals surface area (Å²) in [5.74, 6) is 1.03. The molecule has 0 spiro atoms. The summed E-state index contributed by atoms with van der Waals surface area (Å²) >= 11 is 1.83. The Labute approximate surface area is 130 Å². The van der Waals surface area contributed by atoms with Gasteiger partial charge in [0.1, 0.15) is 0 Å². The molecule has 0 N–H and O–H groups in total. The standard InChI is InChI=1S/C16H18IOS/c1-2-18-12-13-19-16-11-7-6-10-15(16)17-14-8-4-3-5-9-14/h3-11H,2,12-13H2,1H3/q+1. The van der Waals surface area contributed by atoms with E-state index in [2.05, 4.69) is 54.6 Å². The smallest absolute Gasteiger partial charge is 0.359 e. The lowest BCUT2D eigenvalue weighted by atomic mass is 10.4. The summed E-state index contributed by atoms with van der Waals surface area (Å²) in [4.78, 5) is 1.42. The van der Waals surface area contributed by atoms with Crippen LogP contribution in [0, 0.1) is 7.14 Å². The summed E-state index contributed by atoms with van der Waals surface area (Å²) < 4.78 is 8.38. The molecule has 2 rings (SSSR count). The molecule has 2 aromatic rings. The topological polar surface area (TPSA) is 9.23 Å². The Morgan fingerprint density at radius 1 is 1.00 bits per heavy atom. The van der Waals surface area contributed by atoms with Crippen molar-refractivity contribution in [1.29, 1.82) is 0 Å². The molecule has 0 unspecified atom stereocenters. The van der Waals surface area contributed by atoms with Gasteiger partial charge in [-0.15, -0.1) is 11.8 Å². The Morgan fingerprint density at radius 3 is 2.53 bits per heavy atom.